The number of anilines is 1. The Bertz CT molecular complexity index is 591. The maximum absolute atomic E-state index is 11.9. The molecule has 1 aromatic rings. The standard InChI is InChI=1S/C14H20N4O5/c1-23-13(21)9-5-4-8(7-11(9)19)18-12(20)10(15)3-2-6-17-14(16)22/h4-5,7,10,19H,2-3,6,15H2,1H3,(H,18,20)(H3,16,17,22)/t10-/m0/s1. The third-order valence-corrected chi connectivity index (χ3v) is 3.00. The van der Waals surface area contributed by atoms with Gasteiger partial charge in [0.15, 0.2) is 0 Å². The Morgan fingerprint density at radius 1 is 1.35 bits per heavy atom. The van der Waals surface area contributed by atoms with Crippen LogP contribution in [0.25, 0.3) is 0 Å². The van der Waals surface area contributed by atoms with E-state index in [0.29, 0.717) is 25.1 Å². The summed E-state index contributed by atoms with van der Waals surface area (Å²) in [5, 5.41) is 14.7. The summed E-state index contributed by atoms with van der Waals surface area (Å²) in [6.45, 7) is 0.324. The van der Waals surface area contributed by atoms with Gasteiger partial charge in [0.05, 0.1) is 13.2 Å². The van der Waals surface area contributed by atoms with Crippen LogP contribution >= 0.6 is 0 Å². The minimum Gasteiger partial charge on any atom is -0.507 e. The summed E-state index contributed by atoms with van der Waals surface area (Å²) in [7, 11) is 1.20. The predicted octanol–water partition coefficient (Wildman–Crippen LogP) is -0.107. The number of hydrogen-bond acceptors (Lipinski definition) is 6. The maximum Gasteiger partial charge on any atom is 0.341 e. The maximum atomic E-state index is 11.9. The number of hydrogen-bond donors (Lipinski definition) is 5. The number of ether oxygens (including phenoxy) is 1. The molecule has 0 aliphatic rings. The van der Waals surface area contributed by atoms with Gasteiger partial charge in [-0.25, -0.2) is 9.59 Å². The molecule has 9 heteroatoms. The molecule has 0 aromatic heterocycles. The van der Waals surface area contributed by atoms with E-state index in [4.69, 9.17) is 11.5 Å². The van der Waals surface area contributed by atoms with Crippen molar-refractivity contribution in [2.75, 3.05) is 19.0 Å². The molecular weight excluding hydrogens is 304 g/mol. The van der Waals surface area contributed by atoms with Crippen LogP contribution in [0, 0.1) is 0 Å². The molecule has 126 valence electrons. The monoisotopic (exact) mass is 324 g/mol. The van der Waals surface area contributed by atoms with Crippen molar-refractivity contribution < 1.29 is 24.2 Å². The van der Waals surface area contributed by atoms with Gasteiger partial charge in [0.25, 0.3) is 0 Å². The number of nitrogens with two attached hydrogens (primary N) is 2. The number of primary amides is 1. The minimum absolute atomic E-state index is 0.00711. The molecule has 1 rings (SSSR count). The fourth-order valence-corrected chi connectivity index (χ4v) is 1.79. The molecule has 0 aliphatic carbocycles. The first-order valence-electron chi connectivity index (χ1n) is 6.86. The topological polar surface area (TPSA) is 157 Å². The van der Waals surface area contributed by atoms with Crippen molar-refractivity contribution in [3.05, 3.63) is 23.8 Å². The quantitative estimate of drug-likeness (QED) is 0.348. The number of carbonyl (C=O) groups excluding carboxylic acids is 3. The second-order valence-corrected chi connectivity index (χ2v) is 4.75. The molecule has 0 saturated carbocycles. The Labute approximate surface area is 133 Å². The molecule has 0 heterocycles. The zero-order valence-electron chi connectivity index (χ0n) is 12.7. The third-order valence-electron chi connectivity index (χ3n) is 3.00. The van der Waals surface area contributed by atoms with Crippen molar-refractivity contribution in [1.82, 2.24) is 5.32 Å². The van der Waals surface area contributed by atoms with E-state index in [1.165, 1.54) is 25.3 Å². The van der Waals surface area contributed by atoms with Gasteiger partial charge in [0, 0.05) is 18.3 Å². The molecule has 1 atom stereocenters. The lowest BCUT2D eigenvalue weighted by Crippen LogP contribution is -2.37. The highest BCUT2D eigenvalue weighted by Gasteiger charge is 2.16. The number of aromatic hydroxyl groups is 1. The first-order chi connectivity index (χ1) is 10.8. The lowest BCUT2D eigenvalue weighted by atomic mass is 10.1. The van der Waals surface area contributed by atoms with Crippen LogP contribution in [0.5, 0.6) is 5.75 Å². The first kappa shape index (κ1) is 18.2. The van der Waals surface area contributed by atoms with Crippen LogP contribution in [-0.4, -0.2) is 42.7 Å². The van der Waals surface area contributed by atoms with Gasteiger partial charge in [-0.05, 0) is 25.0 Å². The molecule has 0 saturated heterocycles. The van der Waals surface area contributed by atoms with Crippen LogP contribution in [0.4, 0.5) is 10.5 Å². The zero-order chi connectivity index (χ0) is 17.4. The summed E-state index contributed by atoms with van der Waals surface area (Å²) in [6.07, 6.45) is 0.836. The number of phenolic OH excluding ortho intramolecular Hbond substituents is 1. The fraction of sp³-hybridized carbons (Fsp3) is 0.357. The summed E-state index contributed by atoms with van der Waals surface area (Å²) in [5.41, 5.74) is 10.9. The highest BCUT2D eigenvalue weighted by Crippen LogP contribution is 2.22. The Morgan fingerprint density at radius 2 is 2.04 bits per heavy atom. The number of benzene rings is 1. The van der Waals surface area contributed by atoms with E-state index in [1.54, 1.807) is 0 Å². The Balaban J connectivity index is 2.55. The van der Waals surface area contributed by atoms with Crippen molar-refractivity contribution >= 4 is 23.6 Å². The molecule has 0 fully saturated rings. The van der Waals surface area contributed by atoms with Crippen LogP contribution in [0.3, 0.4) is 0 Å². The molecule has 9 nitrogen and oxygen atoms in total. The number of carbonyl (C=O) groups is 3. The van der Waals surface area contributed by atoms with E-state index in [1.807, 2.05) is 0 Å². The van der Waals surface area contributed by atoms with E-state index in [9.17, 15) is 19.5 Å². The third kappa shape index (κ3) is 5.83. The van der Waals surface area contributed by atoms with Crippen LogP contribution in [0.2, 0.25) is 0 Å². The van der Waals surface area contributed by atoms with Gasteiger partial charge in [-0.2, -0.15) is 0 Å². The van der Waals surface area contributed by atoms with E-state index in [-0.39, 0.29) is 11.3 Å². The van der Waals surface area contributed by atoms with Gasteiger partial charge in [0.2, 0.25) is 5.91 Å². The van der Waals surface area contributed by atoms with Crippen molar-refractivity contribution in [2.45, 2.75) is 18.9 Å². The van der Waals surface area contributed by atoms with Gasteiger partial charge in [0.1, 0.15) is 11.3 Å². The van der Waals surface area contributed by atoms with Crippen LogP contribution in [0.15, 0.2) is 18.2 Å². The van der Waals surface area contributed by atoms with E-state index in [0.717, 1.165) is 0 Å². The lowest BCUT2D eigenvalue weighted by Gasteiger charge is -2.13. The van der Waals surface area contributed by atoms with E-state index in [2.05, 4.69) is 15.4 Å². The highest BCUT2D eigenvalue weighted by atomic mass is 16.5. The Kier molecular flexibility index (Phi) is 6.81. The first-order valence-corrected chi connectivity index (χ1v) is 6.86. The highest BCUT2D eigenvalue weighted by molar-refractivity contribution is 5.97. The largest absolute Gasteiger partial charge is 0.507 e. The summed E-state index contributed by atoms with van der Waals surface area (Å²) in [5.74, 6) is -1.44. The number of rotatable bonds is 7. The van der Waals surface area contributed by atoms with Crippen LogP contribution < -0.4 is 22.1 Å². The molecule has 1 aromatic carbocycles. The second kappa shape index (κ2) is 8.59. The molecule has 7 N–H and O–H groups in total. The van der Waals surface area contributed by atoms with E-state index < -0.39 is 23.9 Å². The lowest BCUT2D eigenvalue weighted by molar-refractivity contribution is -0.117. The molecule has 0 spiro atoms. The molecular formula is C14H20N4O5. The van der Waals surface area contributed by atoms with Gasteiger partial charge >= 0.3 is 12.0 Å². The number of urea groups is 1. The Morgan fingerprint density at radius 3 is 2.61 bits per heavy atom. The number of amides is 3. The van der Waals surface area contributed by atoms with Gasteiger partial charge in [-0.3, -0.25) is 4.79 Å². The van der Waals surface area contributed by atoms with Crippen molar-refractivity contribution in [1.29, 1.82) is 0 Å². The van der Waals surface area contributed by atoms with Gasteiger partial charge < -0.3 is 31.9 Å². The number of phenols is 1. The average molecular weight is 324 g/mol. The molecule has 0 unspecified atom stereocenters. The van der Waals surface area contributed by atoms with E-state index >= 15 is 0 Å². The molecule has 0 aliphatic heterocycles. The molecule has 0 bridgehead atoms. The summed E-state index contributed by atoms with van der Waals surface area (Å²) >= 11 is 0. The Hall–Kier alpha value is -2.81. The smallest absolute Gasteiger partial charge is 0.341 e. The van der Waals surface area contributed by atoms with Crippen molar-refractivity contribution in [3.63, 3.8) is 0 Å². The van der Waals surface area contributed by atoms with Crippen molar-refractivity contribution in [3.8, 4) is 5.75 Å². The zero-order valence-corrected chi connectivity index (χ0v) is 12.7. The number of nitrogens with one attached hydrogen (secondary N) is 2. The van der Waals surface area contributed by atoms with Gasteiger partial charge in [-0.15, -0.1) is 0 Å². The average Bonchev–Trinajstić information content (AvgIpc) is 2.50. The number of esters is 1. The SMILES string of the molecule is COC(=O)c1ccc(NC(=O)[C@@H](N)CCCNC(N)=O)cc1O. The molecule has 23 heavy (non-hydrogen) atoms. The van der Waals surface area contributed by atoms with Crippen molar-refractivity contribution in [2.24, 2.45) is 11.5 Å². The van der Waals surface area contributed by atoms with Crippen LogP contribution in [0.1, 0.15) is 23.2 Å². The fourth-order valence-electron chi connectivity index (χ4n) is 1.79. The second-order valence-electron chi connectivity index (χ2n) is 4.75. The summed E-state index contributed by atoms with van der Waals surface area (Å²) in [4.78, 5) is 33.7. The minimum atomic E-state index is -0.785. The predicted molar refractivity (Wildman–Crippen MR) is 82.9 cm³/mol. The van der Waals surface area contributed by atoms with Crippen LogP contribution in [-0.2, 0) is 9.53 Å². The summed E-state index contributed by atoms with van der Waals surface area (Å²) < 4.78 is 4.50. The molecule has 3 amide bonds. The summed E-state index contributed by atoms with van der Waals surface area (Å²) in [6, 6.07) is 2.59. The molecule has 0 radical (unpaired) electrons. The number of methoxy groups -OCH3 is 1. The van der Waals surface area contributed by atoms with Gasteiger partial charge in [-0.1, -0.05) is 0 Å². The normalized spacial score (nSPS) is 11.4.